The van der Waals surface area contributed by atoms with E-state index in [-0.39, 0.29) is 11.9 Å². The second kappa shape index (κ2) is 11.0. The first-order chi connectivity index (χ1) is 14.5. The van der Waals surface area contributed by atoms with Crippen LogP contribution in [-0.4, -0.2) is 41.3 Å². The Kier molecular flexibility index (Phi) is 8.44. The summed E-state index contributed by atoms with van der Waals surface area (Å²) in [6.07, 6.45) is 2.39. The molecule has 0 unspecified atom stereocenters. The van der Waals surface area contributed by atoms with Crippen LogP contribution < -0.4 is 4.80 Å². The highest BCUT2D eigenvalue weighted by Gasteiger charge is 2.12. The average Bonchev–Trinajstić information content (AvgIpc) is 3.08. The van der Waals surface area contributed by atoms with Gasteiger partial charge >= 0.3 is 5.97 Å². The Bertz CT molecular complexity index is 1110. The number of fused-ring (bicyclic) bond motifs is 1. The summed E-state index contributed by atoms with van der Waals surface area (Å²) in [5, 5.41) is 0.695. The average molecular weight is 481 g/mol. The molecule has 3 aromatic rings. The lowest BCUT2D eigenvalue weighted by Crippen LogP contribution is -2.18. The van der Waals surface area contributed by atoms with E-state index in [4.69, 9.17) is 16.3 Å². The lowest BCUT2D eigenvalue weighted by Gasteiger charge is -2.04. The second-order valence-electron chi connectivity index (χ2n) is 6.26. The molecule has 0 atom stereocenters. The summed E-state index contributed by atoms with van der Waals surface area (Å²) in [6.45, 7) is 0.740. The van der Waals surface area contributed by atoms with Crippen molar-refractivity contribution in [2.24, 2.45) is 4.99 Å². The number of hydrogen-bond acceptors (Lipinski definition) is 6. The van der Waals surface area contributed by atoms with Gasteiger partial charge in [-0.05, 0) is 48.7 Å². The summed E-state index contributed by atoms with van der Waals surface area (Å²) >= 11 is 10.6. The molecule has 0 aliphatic heterocycles. The zero-order valence-electron chi connectivity index (χ0n) is 16.6. The molecule has 9 heteroatoms. The van der Waals surface area contributed by atoms with Gasteiger partial charge in [0.15, 0.2) is 4.80 Å². The molecule has 0 N–H and O–H groups in total. The Hall–Kier alpha value is -1.74. The smallest absolute Gasteiger partial charge is 0.337 e. The van der Waals surface area contributed by atoms with Crippen LogP contribution in [-0.2, 0) is 16.1 Å². The molecule has 0 aliphatic carbocycles. The van der Waals surface area contributed by atoms with E-state index in [0.29, 0.717) is 27.6 Å². The lowest BCUT2D eigenvalue weighted by molar-refractivity contribution is -0.117. The number of esters is 1. The molecule has 0 aliphatic rings. The zero-order valence-corrected chi connectivity index (χ0v) is 19.8. The van der Waals surface area contributed by atoms with Gasteiger partial charge in [0.05, 0.1) is 22.9 Å². The maximum absolute atomic E-state index is 12.5. The van der Waals surface area contributed by atoms with Gasteiger partial charge in [0.25, 0.3) is 0 Å². The van der Waals surface area contributed by atoms with Gasteiger partial charge in [0, 0.05) is 34.4 Å². The van der Waals surface area contributed by atoms with Crippen LogP contribution in [0.2, 0.25) is 5.02 Å². The molecule has 0 saturated heterocycles. The van der Waals surface area contributed by atoms with Crippen LogP contribution in [0.1, 0.15) is 16.8 Å². The summed E-state index contributed by atoms with van der Waals surface area (Å²) in [7, 11) is 1.36. The van der Waals surface area contributed by atoms with Crippen LogP contribution >= 0.6 is 46.5 Å². The molecule has 0 bridgehead atoms. The molecular formula is C21H21ClN2O3S3. The molecule has 0 radical (unpaired) electrons. The quantitative estimate of drug-likeness (QED) is 0.331. The highest BCUT2D eigenvalue weighted by atomic mass is 35.5. The van der Waals surface area contributed by atoms with Crippen molar-refractivity contribution in [1.82, 2.24) is 4.57 Å². The van der Waals surface area contributed by atoms with E-state index in [0.717, 1.165) is 27.4 Å². The number of halogens is 1. The van der Waals surface area contributed by atoms with Crippen LogP contribution in [0.5, 0.6) is 0 Å². The van der Waals surface area contributed by atoms with Crippen LogP contribution in [0.4, 0.5) is 0 Å². The van der Waals surface area contributed by atoms with Gasteiger partial charge in [-0.1, -0.05) is 22.9 Å². The Labute approximate surface area is 192 Å². The fourth-order valence-corrected chi connectivity index (χ4v) is 5.20. The van der Waals surface area contributed by atoms with Crippen molar-refractivity contribution in [3.8, 4) is 0 Å². The van der Waals surface area contributed by atoms with E-state index in [9.17, 15) is 9.59 Å². The summed E-state index contributed by atoms with van der Waals surface area (Å²) in [5.74, 6) is 1.01. The monoisotopic (exact) mass is 480 g/mol. The molecule has 1 heterocycles. The molecule has 5 nitrogen and oxygen atoms in total. The maximum atomic E-state index is 12.5. The first kappa shape index (κ1) is 22.9. The van der Waals surface area contributed by atoms with E-state index >= 15 is 0 Å². The van der Waals surface area contributed by atoms with Crippen LogP contribution in [0.25, 0.3) is 10.2 Å². The number of amides is 1. The summed E-state index contributed by atoms with van der Waals surface area (Å²) in [5.41, 5.74) is 1.45. The first-order valence-electron chi connectivity index (χ1n) is 9.18. The van der Waals surface area contributed by atoms with Gasteiger partial charge in [-0.25, -0.2) is 4.79 Å². The molecular weight excluding hydrogens is 460 g/mol. The first-order valence-corrected chi connectivity index (χ1v) is 12.8. The van der Waals surface area contributed by atoms with Gasteiger partial charge in [-0.3, -0.25) is 4.79 Å². The summed E-state index contributed by atoms with van der Waals surface area (Å²) in [6, 6.07) is 13.0. The van der Waals surface area contributed by atoms with Crippen molar-refractivity contribution in [3.63, 3.8) is 0 Å². The Morgan fingerprint density at radius 1 is 1.17 bits per heavy atom. The van der Waals surface area contributed by atoms with Crippen LogP contribution in [0.15, 0.2) is 52.4 Å². The number of aromatic nitrogens is 1. The molecule has 1 aromatic heterocycles. The Morgan fingerprint density at radius 3 is 2.63 bits per heavy atom. The second-order valence-corrected chi connectivity index (χ2v) is 9.86. The predicted octanol–water partition coefficient (Wildman–Crippen LogP) is 5.12. The fraction of sp³-hybridized carbons (Fsp3) is 0.286. The van der Waals surface area contributed by atoms with E-state index < -0.39 is 0 Å². The third-order valence-electron chi connectivity index (χ3n) is 4.24. The molecule has 0 fully saturated rings. The van der Waals surface area contributed by atoms with Gasteiger partial charge < -0.3 is 9.30 Å². The Morgan fingerprint density at radius 2 is 1.93 bits per heavy atom. The zero-order chi connectivity index (χ0) is 21.5. The molecule has 0 saturated carbocycles. The normalized spacial score (nSPS) is 11.8. The van der Waals surface area contributed by atoms with Crippen LogP contribution in [0.3, 0.4) is 0 Å². The largest absolute Gasteiger partial charge is 0.465 e. The third-order valence-corrected chi connectivity index (χ3v) is 7.14. The number of benzene rings is 2. The number of thioether (sulfide) groups is 2. The van der Waals surface area contributed by atoms with Crippen molar-refractivity contribution in [1.29, 1.82) is 0 Å². The van der Waals surface area contributed by atoms with E-state index in [1.54, 1.807) is 35.7 Å². The van der Waals surface area contributed by atoms with Gasteiger partial charge in [-0.15, -0.1) is 11.8 Å². The topological polar surface area (TPSA) is 60.7 Å². The van der Waals surface area contributed by atoms with Crippen molar-refractivity contribution in [2.45, 2.75) is 17.9 Å². The number of ether oxygens (including phenoxy) is 1. The fourth-order valence-electron chi connectivity index (χ4n) is 2.75. The third kappa shape index (κ3) is 5.91. The minimum atomic E-state index is -0.380. The van der Waals surface area contributed by atoms with E-state index in [1.165, 1.54) is 18.4 Å². The van der Waals surface area contributed by atoms with Crippen molar-refractivity contribution in [2.75, 3.05) is 24.9 Å². The highest BCUT2D eigenvalue weighted by Crippen LogP contribution is 2.22. The number of hydrogen-bond donors (Lipinski definition) is 0. The number of rotatable bonds is 8. The minimum absolute atomic E-state index is 0.158. The van der Waals surface area contributed by atoms with Gasteiger partial charge in [0.1, 0.15) is 0 Å². The highest BCUT2D eigenvalue weighted by molar-refractivity contribution is 7.99. The van der Waals surface area contributed by atoms with Crippen LogP contribution in [0, 0.1) is 0 Å². The molecule has 3 rings (SSSR count). The molecule has 0 spiro atoms. The minimum Gasteiger partial charge on any atom is -0.465 e. The predicted molar refractivity (Wildman–Crippen MR) is 127 cm³/mol. The number of thiazole rings is 1. The molecule has 1 amide bonds. The maximum Gasteiger partial charge on any atom is 0.337 e. The number of carbonyl (C=O) groups excluding carboxylic acids is 2. The van der Waals surface area contributed by atoms with E-state index in [1.807, 2.05) is 41.2 Å². The number of carbonyl (C=O) groups is 2. The molecule has 158 valence electrons. The van der Waals surface area contributed by atoms with Gasteiger partial charge in [0.2, 0.25) is 5.91 Å². The molecule has 2 aromatic carbocycles. The standard InChI is InChI=1S/C21H21ClN2O3S3/c1-27-20(26)14-3-8-17-18(13-14)30-21(24(17)10-12-28-2)23-19(25)9-11-29-16-6-4-15(22)5-7-16/h3-8,13H,9-12H2,1-2H3. The van der Waals surface area contributed by atoms with Crippen molar-refractivity contribution >= 4 is 68.6 Å². The number of nitrogens with zero attached hydrogens (tertiary/aromatic N) is 2. The SMILES string of the molecule is COC(=O)c1ccc2c(c1)sc(=NC(=O)CCSc1ccc(Cl)cc1)n2CCSC. The van der Waals surface area contributed by atoms with Crippen molar-refractivity contribution in [3.05, 3.63) is 57.9 Å². The Balaban J connectivity index is 1.80. The van der Waals surface area contributed by atoms with E-state index in [2.05, 4.69) is 4.99 Å². The lowest BCUT2D eigenvalue weighted by atomic mass is 10.2. The van der Waals surface area contributed by atoms with Gasteiger partial charge in [-0.2, -0.15) is 16.8 Å². The summed E-state index contributed by atoms with van der Waals surface area (Å²) < 4.78 is 7.75. The van der Waals surface area contributed by atoms with Crippen molar-refractivity contribution < 1.29 is 14.3 Å². The molecule has 30 heavy (non-hydrogen) atoms. The summed E-state index contributed by atoms with van der Waals surface area (Å²) in [4.78, 5) is 30.4. The number of methoxy groups -OCH3 is 1. The number of aryl methyl sites for hydroxylation is 1.